The molecule has 2 atom stereocenters. The van der Waals surface area contributed by atoms with E-state index in [9.17, 15) is 9.59 Å². The standard InChI is InChI=1S/C27H24FN3O3/c1-2-34-26(33)23-24(19-12-6-7-13-20(19)28)31-22-15-9-8-14-21(22)29-27(31)30(25(23)32)17-16-18-10-4-3-5-11-18/h3-15,23-24H,2,16-17H2,1H3. The molecule has 0 saturated carbocycles. The predicted octanol–water partition coefficient (Wildman–Crippen LogP) is 4.53. The van der Waals surface area contributed by atoms with Crippen LogP contribution in [0.15, 0.2) is 78.9 Å². The maximum atomic E-state index is 15.1. The van der Waals surface area contributed by atoms with Crippen molar-refractivity contribution in [2.45, 2.75) is 19.4 Å². The average Bonchev–Trinajstić information content (AvgIpc) is 3.23. The number of hydrogen-bond acceptors (Lipinski definition) is 4. The Kier molecular flexibility index (Phi) is 5.84. The number of fused-ring (bicyclic) bond motifs is 3. The van der Waals surface area contributed by atoms with E-state index in [1.165, 1.54) is 11.0 Å². The first kappa shape index (κ1) is 21.8. The third-order valence-corrected chi connectivity index (χ3v) is 6.18. The summed E-state index contributed by atoms with van der Waals surface area (Å²) in [6.07, 6.45) is 0.579. The number of imidazole rings is 1. The molecule has 172 valence electrons. The van der Waals surface area contributed by atoms with Crippen LogP contribution < -0.4 is 4.90 Å². The fourth-order valence-electron chi connectivity index (χ4n) is 4.64. The van der Waals surface area contributed by atoms with Crippen molar-refractivity contribution in [3.63, 3.8) is 0 Å². The van der Waals surface area contributed by atoms with Crippen molar-refractivity contribution < 1.29 is 18.7 Å². The number of hydrogen-bond donors (Lipinski definition) is 0. The van der Waals surface area contributed by atoms with E-state index in [-0.39, 0.29) is 12.2 Å². The van der Waals surface area contributed by atoms with Crippen LogP contribution in [0.4, 0.5) is 10.3 Å². The third kappa shape index (κ3) is 3.73. The summed E-state index contributed by atoms with van der Waals surface area (Å²) in [7, 11) is 0. The fraction of sp³-hybridized carbons (Fsp3) is 0.222. The molecule has 2 unspecified atom stereocenters. The Balaban J connectivity index is 1.70. The number of halogens is 1. The number of para-hydroxylation sites is 2. The summed E-state index contributed by atoms with van der Waals surface area (Å²) in [6, 6.07) is 22.5. The number of anilines is 1. The molecule has 1 aliphatic rings. The Morgan fingerprint density at radius 3 is 2.47 bits per heavy atom. The Hall–Kier alpha value is -4.00. The van der Waals surface area contributed by atoms with Crippen molar-refractivity contribution in [3.8, 4) is 0 Å². The van der Waals surface area contributed by atoms with Crippen LogP contribution in [0.2, 0.25) is 0 Å². The van der Waals surface area contributed by atoms with Crippen molar-refractivity contribution in [1.29, 1.82) is 0 Å². The van der Waals surface area contributed by atoms with Crippen molar-refractivity contribution >= 4 is 28.9 Å². The lowest BCUT2D eigenvalue weighted by Crippen LogP contribution is -2.51. The van der Waals surface area contributed by atoms with Gasteiger partial charge in [0.15, 0.2) is 5.92 Å². The number of aromatic nitrogens is 2. The van der Waals surface area contributed by atoms with Gasteiger partial charge in [-0.15, -0.1) is 0 Å². The lowest BCUT2D eigenvalue weighted by atomic mass is 9.89. The summed E-state index contributed by atoms with van der Waals surface area (Å²) >= 11 is 0. The summed E-state index contributed by atoms with van der Waals surface area (Å²) in [5, 5.41) is 0. The van der Waals surface area contributed by atoms with Crippen LogP contribution in [-0.4, -0.2) is 34.6 Å². The van der Waals surface area contributed by atoms with Gasteiger partial charge in [0.25, 0.3) is 0 Å². The minimum absolute atomic E-state index is 0.119. The van der Waals surface area contributed by atoms with Crippen molar-refractivity contribution in [2.24, 2.45) is 5.92 Å². The molecule has 3 aromatic carbocycles. The Morgan fingerprint density at radius 2 is 1.71 bits per heavy atom. The SMILES string of the molecule is CCOC(=O)C1C(=O)N(CCc2ccccc2)c2nc3ccccc3n2C1c1ccccc1F. The Morgan fingerprint density at radius 1 is 1.00 bits per heavy atom. The molecule has 0 N–H and O–H groups in total. The zero-order valence-corrected chi connectivity index (χ0v) is 18.7. The summed E-state index contributed by atoms with van der Waals surface area (Å²) in [5.41, 5.74) is 2.70. The van der Waals surface area contributed by atoms with Crippen LogP contribution in [0.25, 0.3) is 11.0 Å². The molecule has 0 saturated heterocycles. The van der Waals surface area contributed by atoms with E-state index in [4.69, 9.17) is 9.72 Å². The van der Waals surface area contributed by atoms with Gasteiger partial charge < -0.3 is 9.30 Å². The van der Waals surface area contributed by atoms with Gasteiger partial charge in [-0.3, -0.25) is 14.5 Å². The molecule has 2 heterocycles. The molecule has 0 spiro atoms. The van der Waals surface area contributed by atoms with E-state index in [0.29, 0.717) is 24.4 Å². The Bertz CT molecular complexity index is 1350. The Labute approximate surface area is 196 Å². The predicted molar refractivity (Wildman–Crippen MR) is 127 cm³/mol. The van der Waals surface area contributed by atoms with Crippen LogP contribution in [0.5, 0.6) is 0 Å². The average molecular weight is 458 g/mol. The molecule has 1 aliphatic heterocycles. The van der Waals surface area contributed by atoms with Crippen LogP contribution in [0.3, 0.4) is 0 Å². The highest BCUT2D eigenvalue weighted by Gasteiger charge is 2.48. The smallest absolute Gasteiger partial charge is 0.321 e. The highest BCUT2D eigenvalue weighted by Crippen LogP contribution is 2.42. The van der Waals surface area contributed by atoms with Gasteiger partial charge in [-0.25, -0.2) is 9.37 Å². The summed E-state index contributed by atoms with van der Waals surface area (Å²) < 4.78 is 22.2. The van der Waals surface area contributed by atoms with Gasteiger partial charge in [-0.1, -0.05) is 60.7 Å². The second-order valence-electron chi connectivity index (χ2n) is 8.19. The molecule has 1 amide bonds. The second kappa shape index (κ2) is 9.09. The zero-order chi connectivity index (χ0) is 23.7. The first-order valence-electron chi connectivity index (χ1n) is 11.3. The molecule has 0 radical (unpaired) electrons. The van der Waals surface area contributed by atoms with Crippen LogP contribution in [-0.2, 0) is 20.7 Å². The third-order valence-electron chi connectivity index (χ3n) is 6.18. The molecule has 0 fully saturated rings. The highest BCUT2D eigenvalue weighted by atomic mass is 19.1. The number of esters is 1. The van der Waals surface area contributed by atoms with Gasteiger partial charge in [0.1, 0.15) is 5.82 Å². The quantitative estimate of drug-likeness (QED) is 0.315. The van der Waals surface area contributed by atoms with Gasteiger partial charge >= 0.3 is 5.97 Å². The highest BCUT2D eigenvalue weighted by molar-refractivity contribution is 6.08. The van der Waals surface area contributed by atoms with Crippen molar-refractivity contribution in [2.75, 3.05) is 18.1 Å². The number of carbonyl (C=O) groups excluding carboxylic acids is 2. The van der Waals surface area contributed by atoms with E-state index in [2.05, 4.69) is 0 Å². The first-order chi connectivity index (χ1) is 16.6. The van der Waals surface area contributed by atoms with Gasteiger partial charge in [0.2, 0.25) is 11.9 Å². The van der Waals surface area contributed by atoms with E-state index in [1.807, 2.05) is 59.2 Å². The second-order valence-corrected chi connectivity index (χ2v) is 8.19. The first-order valence-corrected chi connectivity index (χ1v) is 11.3. The minimum Gasteiger partial charge on any atom is -0.465 e. The number of rotatable bonds is 6. The minimum atomic E-state index is -1.24. The fourth-order valence-corrected chi connectivity index (χ4v) is 4.64. The molecule has 6 nitrogen and oxygen atoms in total. The number of ether oxygens (including phenoxy) is 1. The van der Waals surface area contributed by atoms with E-state index in [0.717, 1.165) is 11.1 Å². The van der Waals surface area contributed by atoms with Gasteiger partial charge in [0, 0.05) is 12.1 Å². The lowest BCUT2D eigenvalue weighted by molar-refractivity contribution is -0.153. The maximum absolute atomic E-state index is 15.1. The molecular weight excluding hydrogens is 433 g/mol. The number of carbonyl (C=O) groups is 2. The number of nitrogens with zero attached hydrogens (tertiary/aromatic N) is 3. The normalized spacial score (nSPS) is 17.6. The van der Waals surface area contributed by atoms with Gasteiger partial charge in [-0.2, -0.15) is 0 Å². The van der Waals surface area contributed by atoms with E-state index in [1.54, 1.807) is 25.1 Å². The molecule has 0 aliphatic carbocycles. The van der Waals surface area contributed by atoms with Gasteiger partial charge in [0.05, 0.1) is 23.7 Å². The van der Waals surface area contributed by atoms with Crippen molar-refractivity contribution in [1.82, 2.24) is 9.55 Å². The molecular formula is C27H24FN3O3. The molecule has 1 aromatic heterocycles. The van der Waals surface area contributed by atoms with Crippen molar-refractivity contribution in [3.05, 3.63) is 95.8 Å². The molecule has 34 heavy (non-hydrogen) atoms. The van der Waals surface area contributed by atoms with Gasteiger partial charge in [-0.05, 0) is 37.1 Å². The molecule has 0 bridgehead atoms. The summed E-state index contributed by atoms with van der Waals surface area (Å²) in [5.74, 6) is -2.44. The number of amides is 1. The zero-order valence-electron chi connectivity index (χ0n) is 18.7. The van der Waals surface area contributed by atoms with E-state index < -0.39 is 29.7 Å². The maximum Gasteiger partial charge on any atom is 0.321 e. The largest absolute Gasteiger partial charge is 0.465 e. The van der Waals surface area contributed by atoms with E-state index >= 15 is 4.39 Å². The topological polar surface area (TPSA) is 64.4 Å². The lowest BCUT2D eigenvalue weighted by Gasteiger charge is -2.38. The van der Waals surface area contributed by atoms with Crippen LogP contribution in [0, 0.1) is 11.7 Å². The van der Waals surface area contributed by atoms with Crippen LogP contribution >= 0.6 is 0 Å². The molecule has 5 rings (SSSR count). The summed E-state index contributed by atoms with van der Waals surface area (Å²) in [4.78, 5) is 33.3. The number of benzene rings is 3. The summed E-state index contributed by atoms with van der Waals surface area (Å²) in [6.45, 7) is 2.13. The monoisotopic (exact) mass is 457 g/mol. The van der Waals surface area contributed by atoms with Crippen LogP contribution in [0.1, 0.15) is 24.1 Å². The molecule has 4 aromatic rings. The molecule has 7 heteroatoms.